The number of hydrogen-bond acceptors (Lipinski definition) is 4. The molecule has 4 rings (SSSR count). The smallest absolute Gasteiger partial charge is 0.256 e. The van der Waals surface area contributed by atoms with Crippen molar-refractivity contribution in [2.24, 2.45) is 18.9 Å². The predicted octanol–water partition coefficient (Wildman–Crippen LogP) is 1.11. The molecule has 2 saturated heterocycles. The number of hydrogen-bond donors (Lipinski definition) is 1. The van der Waals surface area contributed by atoms with Crippen molar-refractivity contribution in [3.8, 4) is 0 Å². The summed E-state index contributed by atoms with van der Waals surface area (Å²) in [5, 5.41) is 10.9. The van der Waals surface area contributed by atoms with Gasteiger partial charge in [-0.25, -0.2) is 0 Å². The van der Waals surface area contributed by atoms with Gasteiger partial charge in [0.15, 0.2) is 0 Å². The number of carbonyl (C=O) groups is 1. The van der Waals surface area contributed by atoms with E-state index in [9.17, 15) is 9.90 Å². The minimum absolute atomic E-state index is 0.0890. The Morgan fingerprint density at radius 3 is 2.52 bits per heavy atom. The van der Waals surface area contributed by atoms with E-state index in [1.807, 2.05) is 47.0 Å². The summed E-state index contributed by atoms with van der Waals surface area (Å²) in [5.41, 5.74) is 1.85. The fourth-order valence-corrected chi connectivity index (χ4v) is 4.56. The van der Waals surface area contributed by atoms with Gasteiger partial charge >= 0.3 is 0 Å². The zero-order chi connectivity index (χ0) is 19.0. The van der Waals surface area contributed by atoms with Gasteiger partial charge in [-0.3, -0.25) is 4.79 Å². The van der Waals surface area contributed by atoms with E-state index in [-0.39, 0.29) is 18.4 Å². The van der Waals surface area contributed by atoms with Crippen molar-refractivity contribution in [2.75, 3.05) is 59.5 Å². The maximum atomic E-state index is 13.2. The molecule has 0 radical (unpaired) electrons. The summed E-state index contributed by atoms with van der Waals surface area (Å²) in [7, 11) is 4.14. The topological polar surface area (TPSA) is 52.0 Å². The second kappa shape index (κ2) is 7.62. The van der Waals surface area contributed by atoms with Gasteiger partial charge in [0.1, 0.15) is 0 Å². The van der Waals surface area contributed by atoms with Crippen molar-refractivity contribution in [3.63, 3.8) is 0 Å². The number of rotatable bonds is 4. The Labute approximate surface area is 161 Å². The maximum absolute atomic E-state index is 13.2. The van der Waals surface area contributed by atoms with Crippen LogP contribution in [-0.4, -0.2) is 89.7 Å². The van der Waals surface area contributed by atoms with Crippen molar-refractivity contribution < 1.29 is 9.90 Å². The number of fused-ring (bicyclic) bond motifs is 1. The van der Waals surface area contributed by atoms with Crippen LogP contribution in [0, 0.1) is 11.8 Å². The van der Waals surface area contributed by atoms with Crippen LogP contribution in [0.4, 0.5) is 0 Å². The Bertz CT molecular complexity index is 810. The van der Waals surface area contributed by atoms with Crippen molar-refractivity contribution in [1.82, 2.24) is 19.3 Å². The second-order valence-electron chi connectivity index (χ2n) is 8.19. The van der Waals surface area contributed by atoms with Crippen LogP contribution >= 0.6 is 0 Å². The quantitative estimate of drug-likeness (QED) is 0.876. The number of amides is 1. The number of nitrogens with zero attached hydrogens (tertiary/aromatic N) is 4. The van der Waals surface area contributed by atoms with E-state index in [0.717, 1.165) is 55.7 Å². The molecular weight excluding hydrogens is 340 g/mol. The molecule has 2 atom stereocenters. The lowest BCUT2D eigenvalue weighted by Crippen LogP contribution is -2.47. The molecule has 1 N–H and O–H groups in total. The van der Waals surface area contributed by atoms with Crippen molar-refractivity contribution in [3.05, 3.63) is 36.0 Å². The number of aromatic nitrogens is 1. The highest BCUT2D eigenvalue weighted by Gasteiger charge is 2.37. The SMILES string of the molecule is CN1CCN(C[C@@H]2CN(C(=O)c3cn(C)c4ccccc34)C[C@@H]2CO)CC1. The molecule has 6 heteroatoms. The van der Waals surface area contributed by atoms with E-state index in [2.05, 4.69) is 16.8 Å². The third-order valence-electron chi connectivity index (χ3n) is 6.31. The molecule has 0 spiro atoms. The van der Waals surface area contributed by atoms with Gasteiger partial charge in [0, 0.05) is 82.5 Å². The van der Waals surface area contributed by atoms with Gasteiger partial charge in [-0.05, 0) is 19.0 Å². The van der Waals surface area contributed by atoms with Gasteiger partial charge in [0.25, 0.3) is 5.91 Å². The Kier molecular flexibility index (Phi) is 5.21. The first-order valence-electron chi connectivity index (χ1n) is 9.92. The lowest BCUT2D eigenvalue weighted by molar-refractivity contribution is 0.0779. The number of piperazine rings is 1. The van der Waals surface area contributed by atoms with Crippen LogP contribution in [0.1, 0.15) is 10.4 Å². The molecule has 1 aromatic heterocycles. The highest BCUT2D eigenvalue weighted by Crippen LogP contribution is 2.28. The summed E-state index contributed by atoms with van der Waals surface area (Å²) < 4.78 is 2.02. The molecule has 0 saturated carbocycles. The minimum atomic E-state index is 0.0890. The van der Waals surface area contributed by atoms with E-state index in [0.29, 0.717) is 12.5 Å². The molecule has 0 bridgehead atoms. The van der Waals surface area contributed by atoms with Gasteiger partial charge in [-0.15, -0.1) is 0 Å². The van der Waals surface area contributed by atoms with Gasteiger partial charge in [-0.2, -0.15) is 0 Å². The number of likely N-dealkylation sites (tertiary alicyclic amines) is 1. The fourth-order valence-electron chi connectivity index (χ4n) is 4.56. The van der Waals surface area contributed by atoms with Crippen molar-refractivity contribution in [1.29, 1.82) is 0 Å². The number of aliphatic hydroxyl groups excluding tert-OH is 1. The number of aliphatic hydroxyl groups is 1. The molecular formula is C21H30N4O2. The summed E-state index contributed by atoms with van der Waals surface area (Å²) in [6, 6.07) is 8.04. The number of likely N-dealkylation sites (N-methyl/N-ethyl adjacent to an activating group) is 1. The fraction of sp³-hybridized carbons (Fsp3) is 0.571. The van der Waals surface area contributed by atoms with Crippen LogP contribution in [0.3, 0.4) is 0 Å². The first-order valence-corrected chi connectivity index (χ1v) is 9.92. The van der Waals surface area contributed by atoms with Crippen molar-refractivity contribution in [2.45, 2.75) is 0 Å². The molecule has 1 amide bonds. The first-order chi connectivity index (χ1) is 13.1. The number of aryl methyl sites for hydroxylation is 1. The molecule has 0 unspecified atom stereocenters. The molecule has 2 aromatic rings. The minimum Gasteiger partial charge on any atom is -0.396 e. The van der Waals surface area contributed by atoms with E-state index >= 15 is 0 Å². The first kappa shape index (κ1) is 18.5. The van der Waals surface area contributed by atoms with Crippen molar-refractivity contribution >= 4 is 16.8 Å². The van der Waals surface area contributed by atoms with Gasteiger partial charge in [0.05, 0.1) is 5.56 Å². The van der Waals surface area contributed by atoms with Crippen LogP contribution in [0.15, 0.2) is 30.5 Å². The van der Waals surface area contributed by atoms with E-state index < -0.39 is 0 Å². The van der Waals surface area contributed by atoms with Crippen LogP contribution < -0.4 is 0 Å². The highest BCUT2D eigenvalue weighted by molar-refractivity contribution is 6.07. The van der Waals surface area contributed by atoms with Gasteiger partial charge < -0.3 is 24.4 Å². The zero-order valence-corrected chi connectivity index (χ0v) is 16.3. The molecule has 2 fully saturated rings. The monoisotopic (exact) mass is 370 g/mol. The Hall–Kier alpha value is -1.89. The molecule has 3 heterocycles. The van der Waals surface area contributed by atoms with E-state index in [4.69, 9.17) is 0 Å². The van der Waals surface area contributed by atoms with E-state index in [1.54, 1.807) is 0 Å². The summed E-state index contributed by atoms with van der Waals surface area (Å²) in [5.74, 6) is 0.604. The Morgan fingerprint density at radius 1 is 1.07 bits per heavy atom. The summed E-state index contributed by atoms with van der Waals surface area (Å²) in [6.07, 6.45) is 1.94. The van der Waals surface area contributed by atoms with Gasteiger partial charge in [-0.1, -0.05) is 18.2 Å². The number of carbonyl (C=O) groups excluding carboxylic acids is 1. The molecule has 146 valence electrons. The van der Waals surface area contributed by atoms with Crippen LogP contribution in [-0.2, 0) is 7.05 Å². The van der Waals surface area contributed by atoms with Crippen LogP contribution in [0.25, 0.3) is 10.9 Å². The molecule has 0 aliphatic carbocycles. The number of para-hydroxylation sites is 1. The average molecular weight is 370 g/mol. The molecule has 2 aliphatic rings. The van der Waals surface area contributed by atoms with Gasteiger partial charge in [0.2, 0.25) is 0 Å². The second-order valence-corrected chi connectivity index (χ2v) is 8.19. The Balaban J connectivity index is 1.48. The zero-order valence-electron chi connectivity index (χ0n) is 16.3. The lowest BCUT2D eigenvalue weighted by Gasteiger charge is -2.34. The average Bonchev–Trinajstić information content (AvgIpc) is 3.24. The van der Waals surface area contributed by atoms with E-state index in [1.165, 1.54) is 0 Å². The Morgan fingerprint density at radius 2 is 1.78 bits per heavy atom. The van der Waals surface area contributed by atoms with Crippen LogP contribution in [0.2, 0.25) is 0 Å². The highest BCUT2D eigenvalue weighted by atomic mass is 16.3. The van der Waals surface area contributed by atoms with Crippen LogP contribution in [0.5, 0.6) is 0 Å². The lowest BCUT2D eigenvalue weighted by atomic mass is 9.96. The molecule has 1 aromatic carbocycles. The molecule has 27 heavy (non-hydrogen) atoms. The standard InChI is InChI=1S/C21H30N4O2/c1-22-7-9-24(10-8-22)11-16-12-25(13-17(16)15-26)21(27)19-14-23(2)20-6-4-3-5-18(19)20/h3-6,14,16-17,26H,7-13,15H2,1-2H3/t16-,17-/m1/s1. The summed E-state index contributed by atoms with van der Waals surface area (Å²) in [6.45, 7) is 6.84. The third kappa shape index (κ3) is 3.61. The third-order valence-corrected chi connectivity index (χ3v) is 6.31. The molecule has 2 aliphatic heterocycles. The largest absolute Gasteiger partial charge is 0.396 e. The predicted molar refractivity (Wildman–Crippen MR) is 107 cm³/mol. The molecule has 6 nitrogen and oxygen atoms in total. The summed E-state index contributed by atoms with van der Waals surface area (Å²) in [4.78, 5) is 20.0. The number of benzene rings is 1. The summed E-state index contributed by atoms with van der Waals surface area (Å²) >= 11 is 0. The maximum Gasteiger partial charge on any atom is 0.256 e. The normalized spacial score (nSPS) is 24.8.